The number of carbonyl (C=O) groups is 1. The first-order valence-electron chi connectivity index (χ1n) is 5.53. The van der Waals surface area contributed by atoms with Gasteiger partial charge in [0.1, 0.15) is 6.29 Å². The van der Waals surface area contributed by atoms with E-state index < -0.39 is 0 Å². The van der Waals surface area contributed by atoms with Crippen molar-refractivity contribution in [3.8, 4) is 22.9 Å². The highest BCUT2D eigenvalue weighted by atomic mass is 79.9. The van der Waals surface area contributed by atoms with E-state index in [4.69, 9.17) is 9.47 Å². The Morgan fingerprint density at radius 2 is 1.89 bits per heavy atom. The van der Waals surface area contributed by atoms with Crippen LogP contribution in [0.1, 0.15) is 10.4 Å². The van der Waals surface area contributed by atoms with Crippen molar-refractivity contribution in [2.45, 2.75) is 0 Å². The fraction of sp³-hybridized carbons (Fsp3) is 0.143. The molecular weight excluding hydrogens is 310 g/mol. The third-order valence-corrected chi connectivity index (χ3v) is 3.20. The topological polar surface area (TPSA) is 48.4 Å². The molecule has 0 fully saturated rings. The van der Waals surface area contributed by atoms with E-state index in [0.717, 1.165) is 21.9 Å². The molecule has 1 aromatic heterocycles. The van der Waals surface area contributed by atoms with Crippen LogP contribution in [0.15, 0.2) is 34.8 Å². The summed E-state index contributed by atoms with van der Waals surface area (Å²) in [6.07, 6.45) is 0.808. The van der Waals surface area contributed by atoms with E-state index in [9.17, 15) is 4.79 Å². The van der Waals surface area contributed by atoms with Gasteiger partial charge in [-0.1, -0.05) is 18.2 Å². The van der Waals surface area contributed by atoms with Crippen LogP contribution in [0.2, 0.25) is 0 Å². The first kappa shape index (κ1) is 13.5. The summed E-state index contributed by atoms with van der Waals surface area (Å²) in [4.78, 5) is 15.1. The van der Waals surface area contributed by atoms with Gasteiger partial charge in [0.15, 0.2) is 0 Å². The van der Waals surface area contributed by atoms with Crippen LogP contribution in [-0.4, -0.2) is 25.5 Å². The van der Waals surface area contributed by atoms with Gasteiger partial charge in [-0.2, -0.15) is 4.98 Å². The van der Waals surface area contributed by atoms with Crippen molar-refractivity contribution >= 4 is 22.2 Å². The van der Waals surface area contributed by atoms with Crippen molar-refractivity contribution in [2.75, 3.05) is 14.2 Å². The second-order valence-electron chi connectivity index (χ2n) is 3.78. The molecule has 0 amide bonds. The summed E-state index contributed by atoms with van der Waals surface area (Å²) < 4.78 is 11.1. The lowest BCUT2D eigenvalue weighted by Crippen LogP contribution is -1.96. The summed E-state index contributed by atoms with van der Waals surface area (Å²) in [7, 11) is 3.09. The lowest BCUT2D eigenvalue weighted by Gasteiger charge is -2.11. The number of hydrogen-bond donors (Lipinski definition) is 0. The average Bonchev–Trinajstić information content (AvgIpc) is 2.47. The van der Waals surface area contributed by atoms with Crippen molar-refractivity contribution < 1.29 is 14.3 Å². The Morgan fingerprint density at radius 1 is 1.16 bits per heavy atom. The number of halogens is 1. The Hall–Kier alpha value is -1.88. The van der Waals surface area contributed by atoms with Crippen molar-refractivity contribution in [2.24, 2.45) is 0 Å². The number of carbonyl (C=O) groups excluding carboxylic acids is 1. The molecule has 1 heterocycles. The minimum Gasteiger partial charge on any atom is -0.480 e. The molecule has 0 spiro atoms. The predicted octanol–water partition coefficient (Wildman–Crippen LogP) is 3.34. The molecule has 0 radical (unpaired) electrons. The summed E-state index contributed by atoms with van der Waals surface area (Å²) in [5, 5.41) is 0. The first-order chi connectivity index (χ1) is 9.19. The number of benzene rings is 1. The molecule has 0 bridgehead atoms. The molecule has 2 aromatic rings. The zero-order valence-corrected chi connectivity index (χ0v) is 12.1. The SMILES string of the molecule is COc1nc(OC)c(-c2cccc(C=O)c2)cc1Br. The van der Waals surface area contributed by atoms with E-state index in [1.807, 2.05) is 18.2 Å². The monoisotopic (exact) mass is 321 g/mol. The second kappa shape index (κ2) is 5.84. The maximum Gasteiger partial charge on any atom is 0.231 e. The number of pyridine rings is 1. The Balaban J connectivity index is 2.60. The summed E-state index contributed by atoms with van der Waals surface area (Å²) in [6, 6.07) is 9.09. The van der Waals surface area contributed by atoms with E-state index >= 15 is 0 Å². The molecule has 0 atom stereocenters. The molecule has 0 N–H and O–H groups in total. The molecule has 19 heavy (non-hydrogen) atoms. The Kier molecular flexibility index (Phi) is 4.16. The van der Waals surface area contributed by atoms with Gasteiger partial charge in [-0.25, -0.2) is 0 Å². The lowest BCUT2D eigenvalue weighted by molar-refractivity contribution is 0.112. The van der Waals surface area contributed by atoms with E-state index in [-0.39, 0.29) is 0 Å². The molecule has 0 unspecified atom stereocenters. The van der Waals surface area contributed by atoms with Crippen LogP contribution < -0.4 is 9.47 Å². The normalized spacial score (nSPS) is 10.1. The minimum absolute atomic E-state index is 0.447. The van der Waals surface area contributed by atoms with E-state index in [0.29, 0.717) is 17.3 Å². The Bertz CT molecular complexity index is 614. The van der Waals surface area contributed by atoms with Gasteiger partial charge in [0.05, 0.1) is 18.7 Å². The smallest absolute Gasteiger partial charge is 0.231 e. The molecule has 4 nitrogen and oxygen atoms in total. The second-order valence-corrected chi connectivity index (χ2v) is 4.63. The minimum atomic E-state index is 0.447. The number of aldehydes is 1. The standard InChI is InChI=1S/C14H12BrNO3/c1-18-13-11(7-12(15)14(16-13)19-2)10-5-3-4-9(6-10)8-17/h3-8H,1-2H3. The largest absolute Gasteiger partial charge is 0.480 e. The fourth-order valence-corrected chi connectivity index (χ4v) is 2.22. The zero-order valence-electron chi connectivity index (χ0n) is 10.5. The number of hydrogen-bond acceptors (Lipinski definition) is 4. The lowest BCUT2D eigenvalue weighted by atomic mass is 10.0. The van der Waals surface area contributed by atoms with Crippen LogP contribution in [0.5, 0.6) is 11.8 Å². The third kappa shape index (κ3) is 2.76. The van der Waals surface area contributed by atoms with Crippen molar-refractivity contribution in [3.05, 3.63) is 40.4 Å². The van der Waals surface area contributed by atoms with Gasteiger partial charge in [-0.15, -0.1) is 0 Å². The number of aromatic nitrogens is 1. The predicted molar refractivity (Wildman–Crippen MR) is 75.9 cm³/mol. The quantitative estimate of drug-likeness (QED) is 0.810. The number of nitrogens with zero attached hydrogens (tertiary/aromatic N) is 1. The average molecular weight is 322 g/mol. The number of rotatable bonds is 4. The highest BCUT2D eigenvalue weighted by molar-refractivity contribution is 9.10. The summed E-state index contributed by atoms with van der Waals surface area (Å²) >= 11 is 3.39. The van der Waals surface area contributed by atoms with Crippen molar-refractivity contribution in [1.29, 1.82) is 0 Å². The van der Waals surface area contributed by atoms with Gasteiger partial charge in [0.25, 0.3) is 0 Å². The number of ether oxygens (including phenoxy) is 2. The maximum absolute atomic E-state index is 10.8. The Labute approximate surface area is 119 Å². The molecule has 2 rings (SSSR count). The van der Waals surface area contributed by atoms with Gasteiger partial charge in [0.2, 0.25) is 11.8 Å². The van der Waals surface area contributed by atoms with Crippen LogP contribution in [0.3, 0.4) is 0 Å². The third-order valence-electron chi connectivity index (χ3n) is 2.63. The van der Waals surface area contributed by atoms with Gasteiger partial charge < -0.3 is 9.47 Å². The van der Waals surface area contributed by atoms with Crippen LogP contribution in [0.4, 0.5) is 0 Å². The van der Waals surface area contributed by atoms with Crippen LogP contribution >= 0.6 is 15.9 Å². The highest BCUT2D eigenvalue weighted by Crippen LogP contribution is 2.35. The highest BCUT2D eigenvalue weighted by Gasteiger charge is 2.13. The van der Waals surface area contributed by atoms with Crippen LogP contribution in [0.25, 0.3) is 11.1 Å². The van der Waals surface area contributed by atoms with E-state index in [2.05, 4.69) is 20.9 Å². The molecule has 0 aliphatic rings. The zero-order chi connectivity index (χ0) is 13.8. The van der Waals surface area contributed by atoms with Gasteiger partial charge in [-0.3, -0.25) is 4.79 Å². The van der Waals surface area contributed by atoms with E-state index in [1.54, 1.807) is 26.4 Å². The number of methoxy groups -OCH3 is 2. The molecular formula is C14H12BrNO3. The molecule has 0 saturated carbocycles. The molecule has 1 aromatic carbocycles. The van der Waals surface area contributed by atoms with Crippen molar-refractivity contribution in [1.82, 2.24) is 4.98 Å². The van der Waals surface area contributed by atoms with Gasteiger partial charge >= 0.3 is 0 Å². The van der Waals surface area contributed by atoms with Gasteiger partial charge in [-0.05, 0) is 33.6 Å². The molecule has 5 heteroatoms. The van der Waals surface area contributed by atoms with Crippen LogP contribution in [0, 0.1) is 0 Å². The molecule has 98 valence electrons. The maximum atomic E-state index is 10.8. The Morgan fingerprint density at radius 3 is 2.53 bits per heavy atom. The van der Waals surface area contributed by atoms with Crippen molar-refractivity contribution in [3.63, 3.8) is 0 Å². The first-order valence-corrected chi connectivity index (χ1v) is 6.33. The van der Waals surface area contributed by atoms with Gasteiger partial charge in [0, 0.05) is 11.1 Å². The molecule has 0 saturated heterocycles. The summed E-state index contributed by atoms with van der Waals surface area (Å²) in [5.41, 5.74) is 2.25. The summed E-state index contributed by atoms with van der Waals surface area (Å²) in [6.45, 7) is 0. The van der Waals surface area contributed by atoms with E-state index in [1.165, 1.54) is 0 Å². The summed E-state index contributed by atoms with van der Waals surface area (Å²) in [5.74, 6) is 0.898. The van der Waals surface area contributed by atoms with Crippen LogP contribution in [-0.2, 0) is 0 Å². The molecule has 0 aliphatic heterocycles. The molecule has 0 aliphatic carbocycles. The fourth-order valence-electron chi connectivity index (χ4n) is 1.74.